The molecule has 1 heterocycles. The molecule has 1 aromatic rings. The van der Waals surface area contributed by atoms with Gasteiger partial charge < -0.3 is 5.32 Å². The summed E-state index contributed by atoms with van der Waals surface area (Å²) in [6.07, 6.45) is 2.89. The minimum atomic E-state index is 0.245. The summed E-state index contributed by atoms with van der Waals surface area (Å²) in [6, 6.07) is 4.68. The largest absolute Gasteiger partial charge is 0.308 e. The van der Waals surface area contributed by atoms with Crippen LogP contribution in [0.2, 0.25) is 5.15 Å². The van der Waals surface area contributed by atoms with E-state index in [4.69, 9.17) is 11.6 Å². The molecule has 0 aliphatic rings. The topological polar surface area (TPSA) is 24.9 Å². The molecule has 0 aliphatic heterocycles. The van der Waals surface area contributed by atoms with Crippen LogP contribution in [-0.4, -0.2) is 11.0 Å². The van der Waals surface area contributed by atoms with E-state index in [9.17, 15) is 0 Å². The number of hydrogen-bond acceptors (Lipinski definition) is 2. The monoisotopic (exact) mass is 240 g/mol. The molecule has 0 radical (unpaired) electrons. The predicted molar refractivity (Wildman–Crippen MR) is 69.7 cm³/mol. The van der Waals surface area contributed by atoms with Gasteiger partial charge in [0.05, 0.1) is 0 Å². The molecule has 1 rings (SSSR count). The Morgan fingerprint density at radius 1 is 1.31 bits per heavy atom. The molecule has 0 fully saturated rings. The molecule has 2 atom stereocenters. The summed E-state index contributed by atoms with van der Waals surface area (Å²) in [5.41, 5.74) is 1.07. The fraction of sp³-hybridized carbons (Fsp3) is 0.615. The molecule has 0 spiro atoms. The molecule has 2 nitrogen and oxygen atoms in total. The summed E-state index contributed by atoms with van der Waals surface area (Å²) in [7, 11) is 0. The highest BCUT2D eigenvalue weighted by molar-refractivity contribution is 6.30. The standard InChI is InChI=1S/C13H21ClN2/c1-9(2)8-10(3)16-11(4)12-6-5-7-15-13(12)14/h5-7,9-11,16H,8H2,1-4H3. The summed E-state index contributed by atoms with van der Waals surface area (Å²) in [6.45, 7) is 8.81. The van der Waals surface area contributed by atoms with Crippen LogP contribution in [0.5, 0.6) is 0 Å². The van der Waals surface area contributed by atoms with Crippen LogP contribution in [-0.2, 0) is 0 Å². The van der Waals surface area contributed by atoms with Crippen molar-refractivity contribution in [2.45, 2.75) is 46.2 Å². The Morgan fingerprint density at radius 3 is 2.56 bits per heavy atom. The van der Waals surface area contributed by atoms with Crippen molar-refractivity contribution in [3.05, 3.63) is 29.0 Å². The van der Waals surface area contributed by atoms with E-state index >= 15 is 0 Å². The van der Waals surface area contributed by atoms with Gasteiger partial charge in [0, 0.05) is 23.8 Å². The van der Waals surface area contributed by atoms with Gasteiger partial charge in [-0.2, -0.15) is 0 Å². The molecule has 3 heteroatoms. The number of aromatic nitrogens is 1. The lowest BCUT2D eigenvalue weighted by Gasteiger charge is -2.22. The van der Waals surface area contributed by atoms with Crippen molar-refractivity contribution >= 4 is 11.6 Å². The van der Waals surface area contributed by atoms with Gasteiger partial charge in [-0.25, -0.2) is 4.98 Å². The average molecular weight is 241 g/mol. The molecule has 0 saturated heterocycles. The maximum Gasteiger partial charge on any atom is 0.133 e. The van der Waals surface area contributed by atoms with Gasteiger partial charge in [-0.1, -0.05) is 31.5 Å². The lowest BCUT2D eigenvalue weighted by Crippen LogP contribution is -2.30. The number of pyridine rings is 1. The van der Waals surface area contributed by atoms with E-state index in [1.54, 1.807) is 6.20 Å². The Hall–Kier alpha value is -0.600. The summed E-state index contributed by atoms with van der Waals surface area (Å²) in [5.74, 6) is 0.707. The molecular weight excluding hydrogens is 220 g/mol. The third-order valence-electron chi connectivity index (χ3n) is 2.61. The van der Waals surface area contributed by atoms with E-state index in [1.807, 2.05) is 12.1 Å². The molecule has 0 aliphatic carbocycles. The Kier molecular flexibility index (Phi) is 5.23. The molecule has 0 saturated carbocycles. The summed E-state index contributed by atoms with van der Waals surface area (Å²) < 4.78 is 0. The third-order valence-corrected chi connectivity index (χ3v) is 2.93. The highest BCUT2D eigenvalue weighted by Gasteiger charge is 2.13. The van der Waals surface area contributed by atoms with Crippen molar-refractivity contribution in [3.63, 3.8) is 0 Å². The SMILES string of the molecule is CC(C)CC(C)NC(C)c1cccnc1Cl. The number of nitrogens with zero attached hydrogens (tertiary/aromatic N) is 1. The highest BCUT2D eigenvalue weighted by atomic mass is 35.5. The molecule has 1 aromatic heterocycles. The first kappa shape index (κ1) is 13.5. The first-order chi connectivity index (χ1) is 7.50. The van der Waals surface area contributed by atoms with E-state index in [2.05, 4.69) is 38.0 Å². The third kappa shape index (κ3) is 4.11. The van der Waals surface area contributed by atoms with Crippen molar-refractivity contribution in [3.8, 4) is 0 Å². The fourth-order valence-corrected chi connectivity index (χ4v) is 2.30. The van der Waals surface area contributed by atoms with Gasteiger partial charge in [0.25, 0.3) is 0 Å². The molecule has 0 amide bonds. The second kappa shape index (κ2) is 6.21. The minimum absolute atomic E-state index is 0.245. The second-order valence-electron chi connectivity index (χ2n) is 4.80. The Bertz CT molecular complexity index is 325. The van der Waals surface area contributed by atoms with Crippen molar-refractivity contribution in [1.29, 1.82) is 0 Å². The normalized spacial score (nSPS) is 15.1. The van der Waals surface area contributed by atoms with E-state index in [1.165, 1.54) is 6.42 Å². The van der Waals surface area contributed by atoms with Crippen LogP contribution >= 0.6 is 11.6 Å². The van der Waals surface area contributed by atoms with Gasteiger partial charge >= 0.3 is 0 Å². The van der Waals surface area contributed by atoms with Gasteiger partial charge in [0.15, 0.2) is 0 Å². The van der Waals surface area contributed by atoms with Crippen LogP contribution in [0, 0.1) is 5.92 Å². The number of nitrogens with one attached hydrogen (secondary N) is 1. The van der Waals surface area contributed by atoms with Crippen LogP contribution in [0.25, 0.3) is 0 Å². The zero-order valence-corrected chi connectivity index (χ0v) is 11.3. The number of hydrogen-bond donors (Lipinski definition) is 1. The van der Waals surface area contributed by atoms with E-state index in [0.717, 1.165) is 5.56 Å². The lowest BCUT2D eigenvalue weighted by atomic mass is 10.0. The van der Waals surface area contributed by atoms with Crippen LogP contribution in [0.4, 0.5) is 0 Å². The average Bonchev–Trinajstić information content (AvgIpc) is 2.16. The molecular formula is C13H21ClN2. The van der Waals surface area contributed by atoms with Crippen molar-refractivity contribution in [2.75, 3.05) is 0 Å². The zero-order chi connectivity index (χ0) is 12.1. The number of rotatable bonds is 5. The number of halogens is 1. The fourth-order valence-electron chi connectivity index (χ4n) is 2.01. The van der Waals surface area contributed by atoms with Gasteiger partial charge in [-0.3, -0.25) is 0 Å². The van der Waals surface area contributed by atoms with Crippen LogP contribution < -0.4 is 5.32 Å². The summed E-state index contributed by atoms with van der Waals surface area (Å²) in [5, 5.41) is 4.14. The minimum Gasteiger partial charge on any atom is -0.308 e. The maximum atomic E-state index is 6.06. The van der Waals surface area contributed by atoms with E-state index in [-0.39, 0.29) is 6.04 Å². The molecule has 16 heavy (non-hydrogen) atoms. The first-order valence-corrected chi connectivity index (χ1v) is 6.25. The smallest absolute Gasteiger partial charge is 0.133 e. The first-order valence-electron chi connectivity index (χ1n) is 5.87. The van der Waals surface area contributed by atoms with E-state index in [0.29, 0.717) is 17.1 Å². The van der Waals surface area contributed by atoms with Crippen LogP contribution in [0.3, 0.4) is 0 Å². The Morgan fingerprint density at radius 2 is 2.00 bits per heavy atom. The Labute approximate surface area is 103 Å². The zero-order valence-electron chi connectivity index (χ0n) is 10.5. The lowest BCUT2D eigenvalue weighted by molar-refractivity contribution is 0.406. The summed E-state index contributed by atoms with van der Waals surface area (Å²) in [4.78, 5) is 4.09. The van der Waals surface area contributed by atoms with Gasteiger partial charge in [0.1, 0.15) is 5.15 Å². The van der Waals surface area contributed by atoms with Crippen molar-refractivity contribution in [1.82, 2.24) is 10.3 Å². The highest BCUT2D eigenvalue weighted by Crippen LogP contribution is 2.21. The second-order valence-corrected chi connectivity index (χ2v) is 5.16. The van der Waals surface area contributed by atoms with Gasteiger partial charge in [0.2, 0.25) is 0 Å². The quantitative estimate of drug-likeness (QED) is 0.792. The molecule has 0 bridgehead atoms. The van der Waals surface area contributed by atoms with Gasteiger partial charge in [-0.15, -0.1) is 0 Å². The Balaban J connectivity index is 2.58. The molecule has 90 valence electrons. The van der Waals surface area contributed by atoms with Crippen LogP contribution in [0.15, 0.2) is 18.3 Å². The molecule has 2 unspecified atom stereocenters. The molecule has 0 aromatic carbocycles. The van der Waals surface area contributed by atoms with Gasteiger partial charge in [-0.05, 0) is 32.3 Å². The predicted octanol–water partition coefficient (Wildman–Crippen LogP) is 3.82. The van der Waals surface area contributed by atoms with Crippen LogP contribution in [0.1, 0.15) is 45.7 Å². The molecule has 1 N–H and O–H groups in total. The van der Waals surface area contributed by atoms with E-state index < -0.39 is 0 Å². The summed E-state index contributed by atoms with van der Waals surface area (Å²) >= 11 is 6.06. The maximum absolute atomic E-state index is 6.06. The van der Waals surface area contributed by atoms with Crippen molar-refractivity contribution < 1.29 is 0 Å². The van der Waals surface area contributed by atoms with Crippen molar-refractivity contribution in [2.24, 2.45) is 5.92 Å².